The highest BCUT2D eigenvalue weighted by molar-refractivity contribution is 6.74. The molecule has 0 unspecified atom stereocenters. The number of nitro benzene ring substituents is 1. The standard InChI is InChI=1S/C31H44FN3O9Si/c1-30(2,3)43-29(39)34(7)25(26(20-12-14-21(36)15-13-20)44-45(9,10)31(4,5)6)27(37)33-23(28(38)42-8)18-19-11-16-24(35(40)41)22(32)17-19/h11-17,23,25-26,36H,18H2,1-10H3,(H,33,37)/t23-,25-,26-/m0/s1. The van der Waals surface area contributed by atoms with Gasteiger partial charge < -0.3 is 24.3 Å². The summed E-state index contributed by atoms with van der Waals surface area (Å²) in [6.45, 7) is 15.0. The Morgan fingerprint density at radius 1 is 1.07 bits per heavy atom. The summed E-state index contributed by atoms with van der Waals surface area (Å²) in [6, 6.07) is 6.39. The number of aromatic hydroxyl groups is 1. The molecule has 2 aromatic rings. The molecule has 2 rings (SSSR count). The topological polar surface area (TPSA) is 158 Å². The summed E-state index contributed by atoms with van der Waals surface area (Å²) in [6.07, 6.45) is -2.19. The van der Waals surface area contributed by atoms with Gasteiger partial charge in [-0.15, -0.1) is 0 Å². The monoisotopic (exact) mass is 649 g/mol. The number of nitro groups is 1. The lowest BCUT2D eigenvalue weighted by atomic mass is 9.99. The molecular weight excluding hydrogens is 605 g/mol. The first kappa shape index (κ1) is 37.1. The van der Waals surface area contributed by atoms with Crippen LogP contribution in [0.15, 0.2) is 42.5 Å². The number of nitrogens with zero attached hydrogens (tertiary/aromatic N) is 2. The fourth-order valence-electron chi connectivity index (χ4n) is 4.09. The van der Waals surface area contributed by atoms with Crippen molar-refractivity contribution in [2.24, 2.45) is 0 Å². The normalized spacial score (nSPS) is 14.1. The van der Waals surface area contributed by atoms with E-state index in [1.54, 1.807) is 32.9 Å². The molecule has 0 radical (unpaired) electrons. The van der Waals surface area contributed by atoms with Crippen LogP contribution < -0.4 is 5.32 Å². The Hall–Kier alpha value is -4.04. The first-order valence-electron chi connectivity index (χ1n) is 14.3. The van der Waals surface area contributed by atoms with E-state index in [0.29, 0.717) is 5.56 Å². The Morgan fingerprint density at radius 3 is 2.11 bits per heavy atom. The number of likely N-dealkylation sites (N-methyl/N-ethyl adjacent to an activating group) is 1. The van der Waals surface area contributed by atoms with Crippen LogP contribution in [0.3, 0.4) is 0 Å². The van der Waals surface area contributed by atoms with Gasteiger partial charge in [0.25, 0.3) is 0 Å². The average molecular weight is 650 g/mol. The SMILES string of the molecule is COC(=O)[C@H](Cc1ccc([N+](=O)[O-])c(F)c1)NC(=O)[C@H]([C@@H](O[Si](C)(C)C(C)(C)C)c1ccc(O)cc1)N(C)C(=O)OC(C)(C)C. The maximum atomic E-state index is 14.4. The van der Waals surface area contributed by atoms with Crippen molar-refractivity contribution in [3.63, 3.8) is 0 Å². The van der Waals surface area contributed by atoms with E-state index >= 15 is 0 Å². The molecule has 45 heavy (non-hydrogen) atoms. The summed E-state index contributed by atoms with van der Waals surface area (Å²) in [5.41, 5.74) is -0.996. The molecule has 0 aliphatic rings. The number of hydrogen-bond acceptors (Lipinski definition) is 9. The summed E-state index contributed by atoms with van der Waals surface area (Å²) in [5.74, 6) is -2.80. The fourth-order valence-corrected chi connectivity index (χ4v) is 5.34. The van der Waals surface area contributed by atoms with Crippen LogP contribution in [0, 0.1) is 15.9 Å². The van der Waals surface area contributed by atoms with Crippen LogP contribution in [0.4, 0.5) is 14.9 Å². The van der Waals surface area contributed by atoms with E-state index in [0.717, 1.165) is 24.1 Å². The zero-order valence-electron chi connectivity index (χ0n) is 27.5. The van der Waals surface area contributed by atoms with Crippen molar-refractivity contribution >= 4 is 32.0 Å². The molecule has 0 saturated carbocycles. The van der Waals surface area contributed by atoms with Crippen LogP contribution in [-0.4, -0.2) is 73.1 Å². The Bertz CT molecular complexity index is 1390. The van der Waals surface area contributed by atoms with Gasteiger partial charge in [-0.3, -0.25) is 19.8 Å². The van der Waals surface area contributed by atoms with Crippen LogP contribution >= 0.6 is 0 Å². The number of benzene rings is 2. The lowest BCUT2D eigenvalue weighted by Gasteiger charge is -2.43. The minimum Gasteiger partial charge on any atom is -0.508 e. The van der Waals surface area contributed by atoms with E-state index in [9.17, 15) is 34.0 Å². The van der Waals surface area contributed by atoms with Gasteiger partial charge in [-0.2, -0.15) is 4.39 Å². The molecule has 3 atom stereocenters. The van der Waals surface area contributed by atoms with Crippen LogP contribution in [-0.2, 0) is 29.9 Å². The first-order chi connectivity index (χ1) is 20.6. The molecule has 2 aromatic carbocycles. The number of phenolic OH excluding ortho intramolecular Hbond substituents is 1. The summed E-state index contributed by atoms with van der Waals surface area (Å²) in [5, 5.41) is 23.3. The van der Waals surface area contributed by atoms with Crippen molar-refractivity contribution in [2.75, 3.05) is 14.2 Å². The molecule has 2 N–H and O–H groups in total. The highest BCUT2D eigenvalue weighted by Gasteiger charge is 2.46. The number of hydrogen-bond donors (Lipinski definition) is 2. The van der Waals surface area contributed by atoms with Crippen molar-refractivity contribution < 1.29 is 42.7 Å². The summed E-state index contributed by atoms with van der Waals surface area (Å²) in [4.78, 5) is 51.8. The van der Waals surface area contributed by atoms with E-state index in [1.165, 1.54) is 25.2 Å². The van der Waals surface area contributed by atoms with E-state index in [-0.39, 0.29) is 22.8 Å². The Labute approximate surface area is 264 Å². The first-order valence-corrected chi connectivity index (χ1v) is 17.2. The zero-order valence-corrected chi connectivity index (χ0v) is 28.5. The maximum Gasteiger partial charge on any atom is 0.410 e. The Morgan fingerprint density at radius 2 is 1.64 bits per heavy atom. The number of nitrogens with one attached hydrogen (secondary N) is 1. The summed E-state index contributed by atoms with van der Waals surface area (Å²) >= 11 is 0. The zero-order chi connectivity index (χ0) is 34.5. The van der Waals surface area contributed by atoms with Crippen molar-refractivity contribution in [3.05, 3.63) is 69.5 Å². The smallest absolute Gasteiger partial charge is 0.410 e. The van der Waals surface area contributed by atoms with Gasteiger partial charge in [0.1, 0.15) is 29.5 Å². The molecule has 0 aliphatic carbocycles. The number of phenols is 1. The number of esters is 1. The third-order valence-corrected chi connectivity index (χ3v) is 12.0. The number of carbonyl (C=O) groups excluding carboxylic acids is 3. The van der Waals surface area contributed by atoms with E-state index in [2.05, 4.69) is 5.32 Å². The maximum absolute atomic E-state index is 14.4. The number of halogens is 1. The van der Waals surface area contributed by atoms with Gasteiger partial charge in [-0.25, -0.2) is 9.59 Å². The number of amides is 2. The second kappa shape index (κ2) is 14.4. The van der Waals surface area contributed by atoms with Crippen molar-refractivity contribution in [1.82, 2.24) is 10.2 Å². The highest BCUT2D eigenvalue weighted by atomic mass is 28.4. The Balaban J connectivity index is 2.66. The van der Waals surface area contributed by atoms with Gasteiger partial charge in [-0.1, -0.05) is 39.0 Å². The van der Waals surface area contributed by atoms with Gasteiger partial charge >= 0.3 is 17.7 Å². The van der Waals surface area contributed by atoms with Gasteiger partial charge in [0.15, 0.2) is 8.32 Å². The fraction of sp³-hybridized carbons (Fsp3) is 0.516. The van der Waals surface area contributed by atoms with Crippen molar-refractivity contribution in [3.8, 4) is 5.75 Å². The number of rotatable bonds is 11. The Kier molecular flexibility index (Phi) is 11.9. The molecule has 0 fully saturated rings. The second-order valence-electron chi connectivity index (χ2n) is 13.3. The molecule has 12 nitrogen and oxygen atoms in total. The average Bonchev–Trinajstić information content (AvgIpc) is 2.90. The van der Waals surface area contributed by atoms with E-state index < -0.39 is 66.5 Å². The highest BCUT2D eigenvalue weighted by Crippen LogP contribution is 2.41. The van der Waals surface area contributed by atoms with Crippen LogP contribution in [0.1, 0.15) is 58.8 Å². The number of methoxy groups -OCH3 is 1. The van der Waals surface area contributed by atoms with E-state index in [1.807, 2.05) is 33.9 Å². The van der Waals surface area contributed by atoms with E-state index in [4.69, 9.17) is 13.9 Å². The summed E-state index contributed by atoms with van der Waals surface area (Å²) < 4.78 is 31.6. The molecule has 2 amide bonds. The largest absolute Gasteiger partial charge is 0.508 e. The van der Waals surface area contributed by atoms with Crippen molar-refractivity contribution in [2.45, 2.75) is 89.9 Å². The lowest BCUT2D eigenvalue weighted by Crippen LogP contribution is -2.57. The van der Waals surface area contributed by atoms with Gasteiger partial charge in [0, 0.05) is 19.5 Å². The van der Waals surface area contributed by atoms with Crippen LogP contribution in [0.5, 0.6) is 5.75 Å². The molecule has 0 aromatic heterocycles. The molecule has 0 saturated heterocycles. The molecule has 0 bridgehead atoms. The lowest BCUT2D eigenvalue weighted by molar-refractivity contribution is -0.387. The van der Waals surface area contributed by atoms with Gasteiger partial charge in [0.05, 0.1) is 12.0 Å². The minimum absolute atomic E-state index is 0.0209. The molecule has 0 spiro atoms. The van der Waals surface area contributed by atoms with Crippen molar-refractivity contribution in [1.29, 1.82) is 0 Å². The predicted molar refractivity (Wildman–Crippen MR) is 168 cm³/mol. The summed E-state index contributed by atoms with van der Waals surface area (Å²) in [7, 11) is -0.173. The van der Waals surface area contributed by atoms with Crippen LogP contribution in [0.2, 0.25) is 18.1 Å². The molecule has 248 valence electrons. The molecule has 0 heterocycles. The molecule has 14 heteroatoms. The quantitative estimate of drug-likeness (QED) is 0.136. The number of ether oxygens (including phenoxy) is 2. The molecule has 0 aliphatic heterocycles. The van der Waals surface area contributed by atoms with Gasteiger partial charge in [0.2, 0.25) is 11.7 Å². The third-order valence-electron chi connectivity index (χ3n) is 7.55. The van der Waals surface area contributed by atoms with Gasteiger partial charge in [-0.05, 0) is 68.2 Å². The minimum atomic E-state index is -2.66. The number of carbonyl (C=O) groups is 3. The second-order valence-corrected chi connectivity index (χ2v) is 18.0. The van der Waals surface area contributed by atoms with Crippen LogP contribution in [0.25, 0.3) is 0 Å². The predicted octanol–water partition coefficient (Wildman–Crippen LogP) is 5.64. The molecular formula is C31H44FN3O9Si. The third kappa shape index (κ3) is 9.98.